The molecule has 0 spiro atoms. The van der Waals surface area contributed by atoms with E-state index in [1.807, 2.05) is 30.3 Å². The summed E-state index contributed by atoms with van der Waals surface area (Å²) in [7, 11) is 0. The van der Waals surface area contributed by atoms with Crippen molar-refractivity contribution in [2.45, 2.75) is 31.8 Å². The first-order valence-corrected chi connectivity index (χ1v) is 8.27. The van der Waals surface area contributed by atoms with Gasteiger partial charge in [-0.05, 0) is 40.4 Å². The van der Waals surface area contributed by atoms with E-state index >= 15 is 0 Å². The number of hydrogen-bond acceptors (Lipinski definition) is 2. The molecule has 23 heavy (non-hydrogen) atoms. The first kappa shape index (κ1) is 17.6. The number of benzene rings is 2. The second kappa shape index (κ2) is 8.79. The van der Waals surface area contributed by atoms with E-state index in [2.05, 4.69) is 21.2 Å². The Morgan fingerprint density at radius 1 is 1.17 bits per heavy atom. The molecule has 0 saturated heterocycles. The summed E-state index contributed by atoms with van der Waals surface area (Å²) in [6.45, 7) is 0.363. The standard InChI is InChI=1S/C18H19BrFNO2/c19-16-8-4-7-14(18(16)20)12-21-15(9-10-17(22)23)11-13-5-2-1-3-6-13/h1-8,15,21H,9-12H2,(H,22,23). The van der Waals surface area contributed by atoms with E-state index in [0.29, 0.717) is 29.4 Å². The molecule has 0 bridgehead atoms. The molecule has 0 amide bonds. The summed E-state index contributed by atoms with van der Waals surface area (Å²) >= 11 is 3.18. The van der Waals surface area contributed by atoms with Gasteiger partial charge in [0.2, 0.25) is 0 Å². The van der Waals surface area contributed by atoms with E-state index < -0.39 is 5.97 Å². The highest BCUT2D eigenvalue weighted by Gasteiger charge is 2.13. The lowest BCUT2D eigenvalue weighted by Gasteiger charge is -2.19. The van der Waals surface area contributed by atoms with Gasteiger partial charge in [-0.15, -0.1) is 0 Å². The van der Waals surface area contributed by atoms with Crippen LogP contribution in [0, 0.1) is 5.82 Å². The fourth-order valence-electron chi connectivity index (χ4n) is 2.41. The Kier molecular flexibility index (Phi) is 6.74. The van der Waals surface area contributed by atoms with Gasteiger partial charge in [-0.25, -0.2) is 4.39 Å². The Morgan fingerprint density at radius 2 is 1.91 bits per heavy atom. The van der Waals surface area contributed by atoms with Gasteiger partial charge in [0.25, 0.3) is 0 Å². The van der Waals surface area contributed by atoms with Crippen LogP contribution in [0.25, 0.3) is 0 Å². The number of halogens is 2. The van der Waals surface area contributed by atoms with E-state index in [1.165, 1.54) is 0 Å². The normalized spacial score (nSPS) is 12.1. The molecule has 2 aromatic rings. The van der Waals surface area contributed by atoms with Crippen molar-refractivity contribution in [1.29, 1.82) is 0 Å². The summed E-state index contributed by atoms with van der Waals surface area (Å²) in [4.78, 5) is 10.8. The fourth-order valence-corrected chi connectivity index (χ4v) is 2.82. The van der Waals surface area contributed by atoms with E-state index in [0.717, 1.165) is 5.56 Å². The lowest BCUT2D eigenvalue weighted by Crippen LogP contribution is -2.31. The van der Waals surface area contributed by atoms with Crippen LogP contribution in [-0.4, -0.2) is 17.1 Å². The summed E-state index contributed by atoms with van der Waals surface area (Å²) in [5.74, 6) is -1.10. The summed E-state index contributed by atoms with van der Waals surface area (Å²) in [6.07, 6.45) is 1.30. The van der Waals surface area contributed by atoms with Gasteiger partial charge in [0.15, 0.2) is 0 Å². The minimum Gasteiger partial charge on any atom is -0.481 e. The van der Waals surface area contributed by atoms with Crippen LogP contribution < -0.4 is 5.32 Å². The highest BCUT2D eigenvalue weighted by molar-refractivity contribution is 9.10. The molecule has 2 rings (SSSR count). The van der Waals surface area contributed by atoms with Crippen molar-refractivity contribution in [3.8, 4) is 0 Å². The molecule has 122 valence electrons. The zero-order valence-electron chi connectivity index (χ0n) is 12.6. The van der Waals surface area contributed by atoms with Crippen molar-refractivity contribution in [1.82, 2.24) is 5.32 Å². The number of nitrogens with one attached hydrogen (secondary N) is 1. The molecule has 5 heteroatoms. The Morgan fingerprint density at radius 3 is 2.61 bits per heavy atom. The Labute approximate surface area is 143 Å². The smallest absolute Gasteiger partial charge is 0.303 e. The Balaban J connectivity index is 2.01. The number of rotatable bonds is 8. The molecule has 2 N–H and O–H groups in total. The number of carboxylic acids is 1. The van der Waals surface area contributed by atoms with E-state index in [-0.39, 0.29) is 18.3 Å². The molecule has 3 nitrogen and oxygen atoms in total. The first-order valence-electron chi connectivity index (χ1n) is 7.48. The third-order valence-corrected chi connectivity index (χ3v) is 4.26. The number of carbonyl (C=O) groups is 1. The lowest BCUT2D eigenvalue weighted by molar-refractivity contribution is -0.137. The maximum Gasteiger partial charge on any atom is 0.303 e. The SMILES string of the molecule is O=C(O)CCC(Cc1ccccc1)NCc1cccc(Br)c1F. The van der Waals surface area contributed by atoms with Crippen molar-refractivity contribution in [2.24, 2.45) is 0 Å². The van der Waals surface area contributed by atoms with Gasteiger partial charge < -0.3 is 10.4 Å². The van der Waals surface area contributed by atoms with Gasteiger partial charge in [-0.3, -0.25) is 4.79 Å². The van der Waals surface area contributed by atoms with E-state index in [9.17, 15) is 9.18 Å². The van der Waals surface area contributed by atoms with Crippen LogP contribution in [0.1, 0.15) is 24.0 Å². The van der Waals surface area contributed by atoms with Crippen molar-refractivity contribution < 1.29 is 14.3 Å². The molecule has 0 heterocycles. The average molecular weight is 380 g/mol. The Bertz CT molecular complexity index is 649. The first-order chi connectivity index (χ1) is 11.1. The molecule has 1 unspecified atom stereocenters. The van der Waals surface area contributed by atoms with Gasteiger partial charge in [0.1, 0.15) is 5.82 Å². The van der Waals surface area contributed by atoms with Crippen LogP contribution in [-0.2, 0) is 17.8 Å². The minimum absolute atomic E-state index is 0.0214. The third kappa shape index (κ3) is 5.77. The molecular weight excluding hydrogens is 361 g/mol. The molecule has 2 aromatic carbocycles. The number of aliphatic carboxylic acids is 1. The maximum atomic E-state index is 14.0. The number of hydrogen-bond donors (Lipinski definition) is 2. The molecule has 0 aliphatic rings. The van der Waals surface area contributed by atoms with Gasteiger partial charge >= 0.3 is 5.97 Å². The second-order valence-corrected chi connectivity index (χ2v) is 6.27. The van der Waals surface area contributed by atoms with Crippen LogP contribution in [0.15, 0.2) is 53.0 Å². The third-order valence-electron chi connectivity index (χ3n) is 3.64. The highest BCUT2D eigenvalue weighted by Crippen LogP contribution is 2.19. The van der Waals surface area contributed by atoms with E-state index in [4.69, 9.17) is 5.11 Å². The molecular formula is C18H19BrFNO2. The predicted octanol–water partition coefficient (Wildman–Crippen LogP) is 4.15. The monoisotopic (exact) mass is 379 g/mol. The number of carboxylic acid groups (broad SMARTS) is 1. The summed E-state index contributed by atoms with van der Waals surface area (Å²) < 4.78 is 14.4. The molecule has 0 fully saturated rings. The van der Waals surface area contributed by atoms with E-state index in [1.54, 1.807) is 18.2 Å². The maximum absolute atomic E-state index is 14.0. The summed E-state index contributed by atoms with van der Waals surface area (Å²) in [5, 5.41) is 12.2. The second-order valence-electron chi connectivity index (χ2n) is 5.41. The largest absolute Gasteiger partial charge is 0.481 e. The summed E-state index contributed by atoms with van der Waals surface area (Å²) in [5.41, 5.74) is 1.69. The van der Waals surface area contributed by atoms with Crippen LogP contribution in [0.2, 0.25) is 0 Å². The zero-order valence-corrected chi connectivity index (χ0v) is 14.2. The summed E-state index contributed by atoms with van der Waals surface area (Å²) in [6, 6.07) is 15.0. The van der Waals surface area contributed by atoms with Crippen LogP contribution >= 0.6 is 15.9 Å². The zero-order chi connectivity index (χ0) is 16.7. The topological polar surface area (TPSA) is 49.3 Å². The fraction of sp³-hybridized carbons (Fsp3) is 0.278. The molecule has 0 aliphatic carbocycles. The van der Waals surface area contributed by atoms with Crippen LogP contribution in [0.3, 0.4) is 0 Å². The molecule has 0 radical (unpaired) electrons. The van der Waals surface area contributed by atoms with Gasteiger partial charge in [-0.1, -0.05) is 42.5 Å². The van der Waals surface area contributed by atoms with Gasteiger partial charge in [-0.2, -0.15) is 0 Å². The van der Waals surface area contributed by atoms with Crippen molar-refractivity contribution >= 4 is 21.9 Å². The predicted molar refractivity (Wildman–Crippen MR) is 91.7 cm³/mol. The molecule has 0 aromatic heterocycles. The van der Waals surface area contributed by atoms with Gasteiger partial charge in [0, 0.05) is 24.6 Å². The van der Waals surface area contributed by atoms with Crippen LogP contribution in [0.4, 0.5) is 4.39 Å². The molecule has 1 atom stereocenters. The van der Waals surface area contributed by atoms with Crippen molar-refractivity contribution in [3.05, 3.63) is 69.9 Å². The Hall–Kier alpha value is -1.72. The van der Waals surface area contributed by atoms with Gasteiger partial charge in [0.05, 0.1) is 4.47 Å². The molecule has 0 aliphatic heterocycles. The quantitative estimate of drug-likeness (QED) is 0.723. The average Bonchev–Trinajstić information content (AvgIpc) is 2.54. The van der Waals surface area contributed by atoms with Crippen molar-refractivity contribution in [2.75, 3.05) is 0 Å². The molecule has 0 saturated carbocycles. The van der Waals surface area contributed by atoms with Crippen LogP contribution in [0.5, 0.6) is 0 Å². The minimum atomic E-state index is -0.821. The highest BCUT2D eigenvalue weighted by atomic mass is 79.9. The van der Waals surface area contributed by atoms with Crippen molar-refractivity contribution in [3.63, 3.8) is 0 Å². The lowest BCUT2D eigenvalue weighted by atomic mass is 10.0.